The first kappa shape index (κ1) is 12.1. The summed E-state index contributed by atoms with van der Waals surface area (Å²) in [6.45, 7) is 5.61. The molecule has 0 aromatic carbocycles. The highest BCUT2D eigenvalue weighted by molar-refractivity contribution is 4.91. The first-order valence-electron chi connectivity index (χ1n) is 5.45. The highest BCUT2D eigenvalue weighted by Gasteiger charge is 1.99. The molecule has 0 spiro atoms. The maximum atomic E-state index is 4.98. The van der Waals surface area contributed by atoms with Gasteiger partial charge in [0.25, 0.3) is 0 Å². The summed E-state index contributed by atoms with van der Waals surface area (Å²) in [5, 5.41) is 11.4. The summed E-state index contributed by atoms with van der Waals surface area (Å²) in [6, 6.07) is 0. The number of hydrogen-bond donors (Lipinski definition) is 1. The third-order valence-electron chi connectivity index (χ3n) is 2.05. The monoisotopic (exact) mass is 212 g/mol. The van der Waals surface area contributed by atoms with Crippen LogP contribution in [0.15, 0.2) is 6.20 Å². The zero-order chi connectivity index (χ0) is 10.9. The second-order valence-corrected chi connectivity index (χ2v) is 3.50. The van der Waals surface area contributed by atoms with E-state index in [0.29, 0.717) is 0 Å². The maximum Gasteiger partial charge on any atom is 0.0964 e. The van der Waals surface area contributed by atoms with E-state index in [1.54, 1.807) is 7.11 Å². The lowest BCUT2D eigenvalue weighted by Gasteiger charge is -1.99. The quantitative estimate of drug-likeness (QED) is 0.648. The lowest BCUT2D eigenvalue weighted by atomic mass is 10.4. The van der Waals surface area contributed by atoms with Crippen molar-refractivity contribution < 1.29 is 4.74 Å². The third kappa shape index (κ3) is 4.90. The number of nitrogens with zero attached hydrogens (tertiary/aromatic N) is 3. The molecule has 0 radical (unpaired) electrons. The lowest BCUT2D eigenvalue weighted by molar-refractivity contribution is 0.188. The average molecular weight is 212 g/mol. The Hall–Kier alpha value is -0.940. The van der Waals surface area contributed by atoms with Gasteiger partial charge in [-0.25, -0.2) is 0 Å². The molecule has 86 valence electrons. The predicted molar refractivity (Wildman–Crippen MR) is 58.5 cm³/mol. The molecule has 0 saturated heterocycles. The molecule has 1 aromatic rings. The van der Waals surface area contributed by atoms with Crippen LogP contribution in [0.4, 0.5) is 0 Å². The van der Waals surface area contributed by atoms with Gasteiger partial charge in [0.15, 0.2) is 0 Å². The second kappa shape index (κ2) is 7.36. The summed E-state index contributed by atoms with van der Waals surface area (Å²) in [5.74, 6) is 0. The molecule has 1 rings (SSSR count). The number of rotatable bonds is 8. The average Bonchev–Trinajstić information content (AvgIpc) is 2.67. The van der Waals surface area contributed by atoms with Crippen molar-refractivity contribution in [1.29, 1.82) is 0 Å². The topological polar surface area (TPSA) is 52.0 Å². The van der Waals surface area contributed by atoms with Gasteiger partial charge in [0.05, 0.1) is 5.69 Å². The third-order valence-corrected chi connectivity index (χ3v) is 2.05. The minimum Gasteiger partial charge on any atom is -0.385 e. The van der Waals surface area contributed by atoms with Crippen LogP contribution in [-0.4, -0.2) is 35.3 Å². The number of aromatic nitrogens is 3. The Labute approximate surface area is 90.8 Å². The molecule has 0 aliphatic rings. The zero-order valence-electron chi connectivity index (χ0n) is 9.57. The molecule has 0 saturated carbocycles. The van der Waals surface area contributed by atoms with Crippen LogP contribution in [0, 0.1) is 0 Å². The van der Waals surface area contributed by atoms with Crippen LogP contribution in [0.5, 0.6) is 0 Å². The molecular weight excluding hydrogens is 192 g/mol. The van der Waals surface area contributed by atoms with E-state index in [0.717, 1.165) is 44.8 Å². The standard InChI is InChI=1S/C10H20N4O/c1-3-5-11-8-10-9-14(13-12-10)6-4-7-15-2/h9,11H,3-8H2,1-2H3. The van der Waals surface area contributed by atoms with Crippen molar-refractivity contribution >= 4 is 0 Å². The molecule has 0 bridgehead atoms. The van der Waals surface area contributed by atoms with Gasteiger partial charge in [-0.1, -0.05) is 12.1 Å². The Morgan fingerprint density at radius 2 is 2.40 bits per heavy atom. The summed E-state index contributed by atoms with van der Waals surface area (Å²) in [4.78, 5) is 0. The molecule has 0 aliphatic heterocycles. The zero-order valence-corrected chi connectivity index (χ0v) is 9.57. The van der Waals surface area contributed by atoms with Gasteiger partial charge in [0.2, 0.25) is 0 Å². The van der Waals surface area contributed by atoms with Crippen molar-refractivity contribution in [3.63, 3.8) is 0 Å². The van der Waals surface area contributed by atoms with Crippen molar-refractivity contribution in [2.24, 2.45) is 0 Å². The minimum atomic E-state index is 0.767. The van der Waals surface area contributed by atoms with Gasteiger partial charge >= 0.3 is 0 Å². The number of methoxy groups -OCH3 is 1. The maximum absolute atomic E-state index is 4.98. The fourth-order valence-corrected chi connectivity index (χ4v) is 1.29. The van der Waals surface area contributed by atoms with Crippen LogP contribution < -0.4 is 5.32 Å². The summed E-state index contributed by atoms with van der Waals surface area (Å²) in [7, 11) is 1.71. The first-order chi connectivity index (χ1) is 7.36. The van der Waals surface area contributed by atoms with E-state index in [2.05, 4.69) is 22.6 Å². The molecule has 5 nitrogen and oxygen atoms in total. The Kier molecular flexibility index (Phi) is 5.96. The van der Waals surface area contributed by atoms with E-state index in [1.165, 1.54) is 0 Å². The van der Waals surface area contributed by atoms with Crippen LogP contribution in [0.25, 0.3) is 0 Å². The summed E-state index contributed by atoms with van der Waals surface area (Å²) in [6.07, 6.45) is 4.10. The van der Waals surface area contributed by atoms with Crippen molar-refractivity contribution in [1.82, 2.24) is 20.3 Å². The van der Waals surface area contributed by atoms with Crippen LogP contribution >= 0.6 is 0 Å². The van der Waals surface area contributed by atoms with Crippen molar-refractivity contribution in [2.75, 3.05) is 20.3 Å². The van der Waals surface area contributed by atoms with E-state index in [-0.39, 0.29) is 0 Å². The van der Waals surface area contributed by atoms with Gasteiger partial charge in [0, 0.05) is 33.0 Å². The highest BCUT2D eigenvalue weighted by Crippen LogP contribution is 1.94. The molecule has 5 heteroatoms. The number of ether oxygens (including phenoxy) is 1. The lowest BCUT2D eigenvalue weighted by Crippen LogP contribution is -2.13. The van der Waals surface area contributed by atoms with Crippen LogP contribution in [0.1, 0.15) is 25.5 Å². The number of hydrogen-bond acceptors (Lipinski definition) is 4. The molecular formula is C10H20N4O. The summed E-state index contributed by atoms with van der Waals surface area (Å²) < 4.78 is 6.84. The van der Waals surface area contributed by atoms with E-state index in [1.807, 2.05) is 10.9 Å². The van der Waals surface area contributed by atoms with E-state index < -0.39 is 0 Å². The Balaban J connectivity index is 2.23. The largest absolute Gasteiger partial charge is 0.385 e. The van der Waals surface area contributed by atoms with Crippen molar-refractivity contribution in [2.45, 2.75) is 32.9 Å². The van der Waals surface area contributed by atoms with Gasteiger partial charge in [0.1, 0.15) is 0 Å². The summed E-state index contributed by atoms with van der Waals surface area (Å²) >= 11 is 0. The van der Waals surface area contributed by atoms with Crippen LogP contribution in [-0.2, 0) is 17.8 Å². The number of nitrogens with one attached hydrogen (secondary N) is 1. The SMILES string of the molecule is CCCNCc1cn(CCCOC)nn1. The minimum absolute atomic E-state index is 0.767. The normalized spacial score (nSPS) is 10.8. The van der Waals surface area contributed by atoms with E-state index >= 15 is 0 Å². The van der Waals surface area contributed by atoms with E-state index in [9.17, 15) is 0 Å². The highest BCUT2D eigenvalue weighted by atomic mass is 16.5. The van der Waals surface area contributed by atoms with Crippen LogP contribution in [0.2, 0.25) is 0 Å². The molecule has 0 atom stereocenters. The second-order valence-electron chi connectivity index (χ2n) is 3.50. The fraction of sp³-hybridized carbons (Fsp3) is 0.800. The van der Waals surface area contributed by atoms with Gasteiger partial charge in [-0.2, -0.15) is 0 Å². The van der Waals surface area contributed by atoms with Gasteiger partial charge in [-0.05, 0) is 19.4 Å². The Bertz CT molecular complexity index is 237. The predicted octanol–water partition coefficient (Wildman–Crippen LogP) is 0.814. The molecule has 1 N–H and O–H groups in total. The molecule has 1 heterocycles. The van der Waals surface area contributed by atoms with Gasteiger partial charge in [-0.15, -0.1) is 5.10 Å². The van der Waals surface area contributed by atoms with Crippen LogP contribution in [0.3, 0.4) is 0 Å². The van der Waals surface area contributed by atoms with Gasteiger partial charge in [-0.3, -0.25) is 4.68 Å². The molecule has 0 fully saturated rings. The first-order valence-corrected chi connectivity index (χ1v) is 5.45. The summed E-state index contributed by atoms with van der Waals surface area (Å²) in [5.41, 5.74) is 1.00. The Morgan fingerprint density at radius 3 is 3.13 bits per heavy atom. The Morgan fingerprint density at radius 1 is 1.53 bits per heavy atom. The molecule has 15 heavy (non-hydrogen) atoms. The smallest absolute Gasteiger partial charge is 0.0964 e. The van der Waals surface area contributed by atoms with E-state index in [4.69, 9.17) is 4.74 Å². The van der Waals surface area contributed by atoms with Crippen molar-refractivity contribution in [3.8, 4) is 0 Å². The fourth-order valence-electron chi connectivity index (χ4n) is 1.29. The molecule has 1 aromatic heterocycles. The molecule has 0 amide bonds. The molecule has 0 unspecified atom stereocenters. The van der Waals surface area contributed by atoms with Crippen molar-refractivity contribution in [3.05, 3.63) is 11.9 Å². The molecule has 0 aliphatic carbocycles. The van der Waals surface area contributed by atoms with Gasteiger partial charge < -0.3 is 10.1 Å². The number of aryl methyl sites for hydroxylation is 1.